The zero-order chi connectivity index (χ0) is 15.8. The van der Waals surface area contributed by atoms with E-state index >= 15 is 0 Å². The Balaban J connectivity index is 1.86. The Morgan fingerprint density at radius 3 is 2.96 bits per heavy atom. The topological polar surface area (TPSA) is 56.9 Å². The van der Waals surface area contributed by atoms with E-state index in [0.717, 1.165) is 52.1 Å². The molecule has 23 heavy (non-hydrogen) atoms. The molecule has 1 saturated heterocycles. The molecule has 1 atom stereocenters. The van der Waals surface area contributed by atoms with Crippen LogP contribution in [0.15, 0.2) is 45.8 Å². The van der Waals surface area contributed by atoms with Crippen LogP contribution >= 0.6 is 15.9 Å². The van der Waals surface area contributed by atoms with E-state index in [1.807, 2.05) is 18.2 Å². The van der Waals surface area contributed by atoms with E-state index in [4.69, 9.17) is 0 Å². The number of benzene rings is 2. The molecular formula is C18H18BrN3O. The Morgan fingerprint density at radius 1 is 1.22 bits per heavy atom. The van der Waals surface area contributed by atoms with Gasteiger partial charge in [-0.25, -0.2) is 0 Å². The summed E-state index contributed by atoms with van der Waals surface area (Å²) in [6, 6.07) is 10.8. The minimum atomic E-state index is -0.0369. The van der Waals surface area contributed by atoms with Crippen LogP contribution in [0.1, 0.15) is 12.0 Å². The van der Waals surface area contributed by atoms with Gasteiger partial charge in [-0.05, 0) is 59.0 Å². The van der Waals surface area contributed by atoms with Gasteiger partial charge in [0.2, 0.25) is 0 Å². The molecule has 118 valence electrons. The molecule has 5 heteroatoms. The molecule has 0 amide bonds. The van der Waals surface area contributed by atoms with E-state index in [2.05, 4.69) is 43.7 Å². The van der Waals surface area contributed by atoms with E-state index in [1.54, 1.807) is 6.20 Å². The summed E-state index contributed by atoms with van der Waals surface area (Å²) in [6.45, 7) is 2.92. The lowest BCUT2D eigenvalue weighted by Crippen LogP contribution is -2.30. The average molecular weight is 372 g/mol. The van der Waals surface area contributed by atoms with Crippen LogP contribution in [-0.2, 0) is 6.54 Å². The molecule has 3 N–H and O–H groups in total. The molecule has 0 saturated carbocycles. The molecule has 1 unspecified atom stereocenters. The molecule has 0 radical (unpaired) electrons. The molecule has 4 rings (SSSR count). The Morgan fingerprint density at radius 2 is 2.13 bits per heavy atom. The van der Waals surface area contributed by atoms with Crippen LogP contribution in [-0.4, -0.2) is 24.1 Å². The van der Waals surface area contributed by atoms with Crippen LogP contribution in [0.25, 0.3) is 21.5 Å². The summed E-state index contributed by atoms with van der Waals surface area (Å²) in [5.74, 6) is 0. The molecule has 2 heterocycles. The second-order valence-corrected chi connectivity index (χ2v) is 6.98. The van der Waals surface area contributed by atoms with Crippen molar-refractivity contribution in [3.05, 3.63) is 56.9 Å². The number of aromatic nitrogens is 1. The van der Waals surface area contributed by atoms with Crippen molar-refractivity contribution in [1.82, 2.24) is 15.6 Å². The largest absolute Gasteiger partial charge is 0.329 e. The maximum Gasteiger partial charge on any atom is 0.256 e. The third-order valence-corrected chi connectivity index (χ3v) is 5.05. The highest BCUT2D eigenvalue weighted by Gasteiger charge is 2.15. The fraction of sp³-hybridized carbons (Fsp3) is 0.278. The maximum atomic E-state index is 12.3. The van der Waals surface area contributed by atoms with Crippen LogP contribution in [0, 0.1) is 0 Å². The van der Waals surface area contributed by atoms with Gasteiger partial charge in [0.15, 0.2) is 0 Å². The SMILES string of the molecule is O=c1[nH]ccc2cc(CNC3CCNC3)c3ccc(Br)cc3c12. The molecule has 4 nitrogen and oxygen atoms in total. The third kappa shape index (κ3) is 2.80. The lowest BCUT2D eigenvalue weighted by Gasteiger charge is -2.14. The van der Waals surface area contributed by atoms with Gasteiger partial charge in [-0.15, -0.1) is 0 Å². The first-order chi connectivity index (χ1) is 11.2. The molecule has 1 fully saturated rings. The van der Waals surface area contributed by atoms with Crippen molar-refractivity contribution in [3.63, 3.8) is 0 Å². The van der Waals surface area contributed by atoms with Crippen molar-refractivity contribution in [3.8, 4) is 0 Å². The van der Waals surface area contributed by atoms with Gasteiger partial charge in [0.25, 0.3) is 5.56 Å². The summed E-state index contributed by atoms with van der Waals surface area (Å²) in [4.78, 5) is 15.1. The zero-order valence-electron chi connectivity index (χ0n) is 12.7. The van der Waals surface area contributed by atoms with Gasteiger partial charge in [0, 0.05) is 29.8 Å². The molecule has 1 aliphatic heterocycles. The fourth-order valence-electron chi connectivity index (χ4n) is 3.39. The standard InChI is InChI=1S/C18H18BrN3O/c19-13-1-2-15-12(9-22-14-4-5-20-10-14)7-11-3-6-21-18(23)17(11)16(15)8-13/h1-3,6-8,14,20,22H,4-5,9-10H2,(H,21,23). The molecule has 0 spiro atoms. The molecule has 2 aromatic carbocycles. The minimum absolute atomic E-state index is 0.0369. The highest BCUT2D eigenvalue weighted by molar-refractivity contribution is 9.10. The van der Waals surface area contributed by atoms with Crippen LogP contribution in [0.4, 0.5) is 0 Å². The van der Waals surface area contributed by atoms with Crippen molar-refractivity contribution in [2.45, 2.75) is 19.0 Å². The molecule has 1 aromatic heterocycles. The second kappa shape index (κ2) is 6.07. The first-order valence-corrected chi connectivity index (χ1v) is 8.68. The number of hydrogen-bond acceptors (Lipinski definition) is 3. The highest BCUT2D eigenvalue weighted by atomic mass is 79.9. The number of aromatic amines is 1. The summed E-state index contributed by atoms with van der Waals surface area (Å²) in [7, 11) is 0. The first kappa shape index (κ1) is 14.9. The van der Waals surface area contributed by atoms with Gasteiger partial charge in [-0.1, -0.05) is 22.0 Å². The predicted octanol–water partition coefficient (Wildman–Crippen LogP) is 2.90. The fourth-order valence-corrected chi connectivity index (χ4v) is 3.75. The van der Waals surface area contributed by atoms with Gasteiger partial charge < -0.3 is 15.6 Å². The quantitative estimate of drug-likeness (QED) is 0.620. The van der Waals surface area contributed by atoms with E-state index in [0.29, 0.717) is 6.04 Å². The highest BCUT2D eigenvalue weighted by Crippen LogP contribution is 2.29. The van der Waals surface area contributed by atoms with Crippen molar-refractivity contribution in [2.75, 3.05) is 13.1 Å². The number of nitrogens with one attached hydrogen (secondary N) is 3. The van der Waals surface area contributed by atoms with Crippen LogP contribution in [0.3, 0.4) is 0 Å². The minimum Gasteiger partial charge on any atom is -0.329 e. The van der Waals surface area contributed by atoms with E-state index in [-0.39, 0.29) is 5.56 Å². The lowest BCUT2D eigenvalue weighted by molar-refractivity contribution is 0.549. The first-order valence-electron chi connectivity index (χ1n) is 7.89. The molecular weight excluding hydrogens is 354 g/mol. The van der Waals surface area contributed by atoms with Gasteiger partial charge in [0.1, 0.15) is 0 Å². The smallest absolute Gasteiger partial charge is 0.256 e. The van der Waals surface area contributed by atoms with E-state index in [1.165, 1.54) is 5.56 Å². The van der Waals surface area contributed by atoms with Crippen molar-refractivity contribution in [2.24, 2.45) is 0 Å². The van der Waals surface area contributed by atoms with Crippen molar-refractivity contribution in [1.29, 1.82) is 0 Å². The maximum absolute atomic E-state index is 12.3. The molecule has 3 aromatic rings. The Labute approximate surface area is 142 Å². The molecule has 1 aliphatic rings. The summed E-state index contributed by atoms with van der Waals surface area (Å²) < 4.78 is 0.986. The Bertz CT molecular complexity index is 929. The van der Waals surface area contributed by atoms with Gasteiger partial charge in [0.05, 0.1) is 5.39 Å². The number of halogens is 1. The van der Waals surface area contributed by atoms with Gasteiger partial charge >= 0.3 is 0 Å². The molecule has 0 aliphatic carbocycles. The number of H-pyrrole nitrogens is 1. The second-order valence-electron chi connectivity index (χ2n) is 6.07. The number of hydrogen-bond donors (Lipinski definition) is 3. The number of rotatable bonds is 3. The van der Waals surface area contributed by atoms with Crippen LogP contribution in [0.2, 0.25) is 0 Å². The van der Waals surface area contributed by atoms with Gasteiger partial charge in [-0.2, -0.15) is 0 Å². The summed E-state index contributed by atoms with van der Waals surface area (Å²) in [6.07, 6.45) is 2.88. The predicted molar refractivity (Wildman–Crippen MR) is 97.9 cm³/mol. The summed E-state index contributed by atoms with van der Waals surface area (Å²) in [5.41, 5.74) is 1.20. The Kier molecular flexibility index (Phi) is 3.93. The van der Waals surface area contributed by atoms with Gasteiger partial charge in [-0.3, -0.25) is 4.79 Å². The van der Waals surface area contributed by atoms with Crippen molar-refractivity contribution >= 4 is 37.5 Å². The molecule has 0 bridgehead atoms. The summed E-state index contributed by atoms with van der Waals surface area (Å²) in [5, 5.41) is 10.9. The number of pyridine rings is 1. The van der Waals surface area contributed by atoms with Crippen LogP contribution < -0.4 is 16.2 Å². The Hall–Kier alpha value is -1.69. The third-order valence-electron chi connectivity index (χ3n) is 4.56. The summed E-state index contributed by atoms with van der Waals surface area (Å²) >= 11 is 3.52. The van der Waals surface area contributed by atoms with E-state index < -0.39 is 0 Å². The average Bonchev–Trinajstić information content (AvgIpc) is 3.05. The van der Waals surface area contributed by atoms with E-state index in [9.17, 15) is 4.79 Å². The normalized spacial score (nSPS) is 18.0. The van der Waals surface area contributed by atoms with Crippen molar-refractivity contribution < 1.29 is 0 Å². The zero-order valence-corrected chi connectivity index (χ0v) is 14.2. The lowest BCUT2D eigenvalue weighted by atomic mass is 9.98. The van der Waals surface area contributed by atoms with Crippen LogP contribution in [0.5, 0.6) is 0 Å². The number of fused-ring (bicyclic) bond motifs is 3. The monoisotopic (exact) mass is 371 g/mol.